The molecule has 10 heteroatoms. The van der Waals surface area contributed by atoms with Gasteiger partial charge in [-0.2, -0.15) is 0 Å². The molecule has 2 aliphatic heterocycles. The molecule has 41 heavy (non-hydrogen) atoms. The largest absolute Gasteiger partial charge is 0.358 e. The standard InChI is InChI=1S/C31H33FN4O4S/c1-18-28(34-19(2)29(18)31(38)36-13-5-7-22(36)16-33-21-9-10-21)15-25-24-14-23(11-12-27(24)35-30(25)37)41(39,40)17-20-6-3-4-8-26(20)32/h3-4,6,8,11-12,14-15,21-22,33-34H,5,7,9-10,13,16-17H2,1-2H3,(H,35,37)/b25-15-/t22-/m1/s1. The Morgan fingerprint density at radius 2 is 1.93 bits per heavy atom. The fourth-order valence-electron chi connectivity index (χ4n) is 5.84. The molecule has 214 valence electrons. The number of fused-ring (bicyclic) bond motifs is 1. The van der Waals surface area contributed by atoms with Gasteiger partial charge in [-0.1, -0.05) is 18.2 Å². The van der Waals surface area contributed by atoms with Crippen LogP contribution in [0.2, 0.25) is 0 Å². The van der Waals surface area contributed by atoms with E-state index in [2.05, 4.69) is 15.6 Å². The maximum absolute atomic E-state index is 14.2. The number of nitrogens with one attached hydrogen (secondary N) is 3. The van der Waals surface area contributed by atoms with Crippen LogP contribution in [0.25, 0.3) is 11.6 Å². The number of aromatic amines is 1. The average molecular weight is 577 g/mol. The third-order valence-electron chi connectivity index (χ3n) is 8.27. The summed E-state index contributed by atoms with van der Waals surface area (Å²) in [5.41, 5.74) is 3.99. The minimum atomic E-state index is -3.88. The third kappa shape index (κ3) is 5.34. The molecule has 1 saturated carbocycles. The molecule has 2 aromatic carbocycles. The van der Waals surface area contributed by atoms with Crippen molar-refractivity contribution >= 4 is 39.0 Å². The van der Waals surface area contributed by atoms with Gasteiger partial charge in [-0.3, -0.25) is 9.59 Å². The highest BCUT2D eigenvalue weighted by atomic mass is 32.2. The van der Waals surface area contributed by atoms with Crippen LogP contribution >= 0.6 is 0 Å². The van der Waals surface area contributed by atoms with Gasteiger partial charge < -0.3 is 20.5 Å². The molecule has 2 fully saturated rings. The van der Waals surface area contributed by atoms with E-state index >= 15 is 0 Å². The summed E-state index contributed by atoms with van der Waals surface area (Å²) in [5, 5.41) is 6.34. The molecular weight excluding hydrogens is 543 g/mol. The molecule has 6 rings (SSSR count). The summed E-state index contributed by atoms with van der Waals surface area (Å²) in [6.45, 7) is 5.23. The second-order valence-corrected chi connectivity index (χ2v) is 13.2. The smallest absolute Gasteiger partial charge is 0.256 e. The summed E-state index contributed by atoms with van der Waals surface area (Å²) in [5.74, 6) is -1.46. The van der Waals surface area contributed by atoms with Gasteiger partial charge in [-0.05, 0) is 75.4 Å². The first-order valence-corrected chi connectivity index (χ1v) is 15.6. The van der Waals surface area contributed by atoms with E-state index < -0.39 is 21.4 Å². The molecule has 0 radical (unpaired) electrons. The minimum absolute atomic E-state index is 0.00274. The highest BCUT2D eigenvalue weighted by molar-refractivity contribution is 7.90. The van der Waals surface area contributed by atoms with Gasteiger partial charge in [-0.15, -0.1) is 0 Å². The van der Waals surface area contributed by atoms with Crippen molar-refractivity contribution in [1.29, 1.82) is 0 Å². The number of aromatic nitrogens is 1. The number of hydrogen-bond acceptors (Lipinski definition) is 5. The topological polar surface area (TPSA) is 111 Å². The molecule has 1 saturated heterocycles. The molecule has 0 bridgehead atoms. The monoisotopic (exact) mass is 576 g/mol. The lowest BCUT2D eigenvalue weighted by Gasteiger charge is -2.25. The number of hydrogen-bond donors (Lipinski definition) is 3. The Morgan fingerprint density at radius 1 is 1.15 bits per heavy atom. The number of nitrogens with zero attached hydrogens (tertiary/aromatic N) is 1. The van der Waals surface area contributed by atoms with Crippen LogP contribution in [0, 0.1) is 19.7 Å². The second-order valence-electron chi connectivity index (χ2n) is 11.2. The summed E-state index contributed by atoms with van der Waals surface area (Å²) in [6.07, 6.45) is 6.02. The molecular formula is C31H33FN4O4S. The lowest BCUT2D eigenvalue weighted by Crippen LogP contribution is -2.42. The van der Waals surface area contributed by atoms with E-state index in [0.717, 1.165) is 37.2 Å². The lowest BCUT2D eigenvalue weighted by atomic mass is 10.0. The van der Waals surface area contributed by atoms with Gasteiger partial charge >= 0.3 is 0 Å². The normalized spacial score (nSPS) is 19.6. The number of carbonyl (C=O) groups excluding carboxylic acids is 2. The van der Waals surface area contributed by atoms with E-state index in [4.69, 9.17) is 0 Å². The lowest BCUT2D eigenvalue weighted by molar-refractivity contribution is -0.110. The van der Waals surface area contributed by atoms with Crippen molar-refractivity contribution in [2.45, 2.75) is 62.3 Å². The molecule has 1 aliphatic carbocycles. The number of sulfone groups is 1. The van der Waals surface area contributed by atoms with Gasteiger partial charge in [0, 0.05) is 53.4 Å². The van der Waals surface area contributed by atoms with E-state index in [1.165, 1.54) is 43.2 Å². The van der Waals surface area contributed by atoms with E-state index in [-0.39, 0.29) is 28.3 Å². The highest BCUT2D eigenvalue weighted by Crippen LogP contribution is 2.36. The summed E-state index contributed by atoms with van der Waals surface area (Å²) >= 11 is 0. The van der Waals surface area contributed by atoms with Crippen LogP contribution in [-0.2, 0) is 20.4 Å². The number of anilines is 1. The van der Waals surface area contributed by atoms with Gasteiger partial charge in [0.15, 0.2) is 9.84 Å². The summed E-state index contributed by atoms with van der Waals surface area (Å²) in [7, 11) is -3.88. The molecule has 8 nitrogen and oxygen atoms in total. The Hall–Kier alpha value is -3.76. The maximum Gasteiger partial charge on any atom is 0.256 e. The minimum Gasteiger partial charge on any atom is -0.358 e. The predicted octanol–water partition coefficient (Wildman–Crippen LogP) is 4.59. The van der Waals surface area contributed by atoms with Crippen LogP contribution in [-0.4, -0.2) is 55.3 Å². The highest BCUT2D eigenvalue weighted by Gasteiger charge is 2.34. The van der Waals surface area contributed by atoms with Gasteiger partial charge in [0.25, 0.3) is 11.8 Å². The van der Waals surface area contributed by atoms with E-state index in [9.17, 15) is 22.4 Å². The van der Waals surface area contributed by atoms with Crippen molar-refractivity contribution in [3.8, 4) is 0 Å². The van der Waals surface area contributed by atoms with Crippen LogP contribution in [0.15, 0.2) is 47.4 Å². The van der Waals surface area contributed by atoms with E-state index in [1.807, 2.05) is 18.7 Å². The summed E-state index contributed by atoms with van der Waals surface area (Å²) in [6, 6.07) is 10.9. The average Bonchev–Trinajstić information content (AvgIpc) is 3.45. The number of benzene rings is 2. The molecule has 1 aromatic heterocycles. The van der Waals surface area contributed by atoms with Gasteiger partial charge in [0.2, 0.25) is 0 Å². The third-order valence-corrected chi connectivity index (χ3v) is 9.94. The van der Waals surface area contributed by atoms with Crippen molar-refractivity contribution in [3.63, 3.8) is 0 Å². The molecule has 3 aromatic rings. The first-order chi connectivity index (χ1) is 19.6. The first kappa shape index (κ1) is 27.4. The zero-order valence-corrected chi connectivity index (χ0v) is 23.9. The Labute approximate surface area is 238 Å². The number of amides is 2. The van der Waals surface area contributed by atoms with Crippen molar-refractivity contribution in [1.82, 2.24) is 15.2 Å². The fraction of sp³-hybridized carbons (Fsp3) is 0.355. The molecule has 0 spiro atoms. The van der Waals surface area contributed by atoms with Crippen LogP contribution in [0.1, 0.15) is 64.1 Å². The number of rotatable bonds is 8. The summed E-state index contributed by atoms with van der Waals surface area (Å²) in [4.78, 5) is 31.9. The van der Waals surface area contributed by atoms with Crippen LogP contribution < -0.4 is 10.6 Å². The number of likely N-dealkylation sites (tertiary alicyclic amines) is 1. The molecule has 3 N–H and O–H groups in total. The zero-order chi connectivity index (χ0) is 28.9. The predicted molar refractivity (Wildman–Crippen MR) is 156 cm³/mol. The Balaban J connectivity index is 1.29. The Kier molecular flexibility index (Phi) is 7.07. The van der Waals surface area contributed by atoms with E-state index in [1.54, 1.807) is 18.2 Å². The zero-order valence-electron chi connectivity index (χ0n) is 23.1. The van der Waals surface area contributed by atoms with Gasteiger partial charge in [-0.25, -0.2) is 12.8 Å². The molecule has 0 unspecified atom stereocenters. The van der Waals surface area contributed by atoms with Crippen LogP contribution in [0.3, 0.4) is 0 Å². The Bertz CT molecular complexity index is 1690. The molecule has 3 heterocycles. The molecule has 3 aliphatic rings. The number of halogens is 1. The molecule has 1 atom stereocenters. The van der Waals surface area contributed by atoms with E-state index in [0.29, 0.717) is 34.1 Å². The van der Waals surface area contributed by atoms with Crippen LogP contribution in [0.5, 0.6) is 0 Å². The first-order valence-electron chi connectivity index (χ1n) is 14.0. The van der Waals surface area contributed by atoms with Crippen molar-refractivity contribution in [2.75, 3.05) is 18.4 Å². The van der Waals surface area contributed by atoms with Crippen molar-refractivity contribution in [3.05, 3.63) is 81.9 Å². The fourth-order valence-corrected chi connectivity index (χ4v) is 7.22. The van der Waals surface area contributed by atoms with Crippen molar-refractivity contribution < 1.29 is 22.4 Å². The van der Waals surface area contributed by atoms with Crippen molar-refractivity contribution in [2.24, 2.45) is 0 Å². The number of carbonyl (C=O) groups is 2. The van der Waals surface area contributed by atoms with Crippen LogP contribution in [0.4, 0.5) is 10.1 Å². The Morgan fingerprint density at radius 3 is 2.68 bits per heavy atom. The molecule has 2 amide bonds. The number of H-pyrrole nitrogens is 1. The maximum atomic E-state index is 14.2. The second kappa shape index (κ2) is 10.6. The quantitative estimate of drug-likeness (QED) is 0.340. The summed E-state index contributed by atoms with van der Waals surface area (Å²) < 4.78 is 40.5. The van der Waals surface area contributed by atoms with Gasteiger partial charge in [0.1, 0.15) is 5.82 Å². The number of aryl methyl sites for hydroxylation is 1. The van der Waals surface area contributed by atoms with Gasteiger partial charge in [0.05, 0.1) is 21.8 Å². The SMILES string of the molecule is Cc1[nH]c(/C=C2\C(=O)Nc3ccc(S(=O)(=O)Cc4ccccc4F)cc32)c(C)c1C(=O)N1CCC[C@@H]1CNC1CC1.